The Labute approximate surface area is 219 Å². The third-order valence-corrected chi connectivity index (χ3v) is 8.69. The molecule has 8 rings (SSSR count). The maximum atomic E-state index is 4.34. The molecule has 0 saturated carbocycles. The third-order valence-electron chi connectivity index (χ3n) is 7.57. The van der Waals surface area contributed by atoms with Gasteiger partial charge in [0.15, 0.2) is 0 Å². The molecule has 0 saturated heterocycles. The predicted octanol–water partition coefficient (Wildman–Crippen LogP) is 10.1. The Morgan fingerprint density at radius 3 is 1.70 bits per heavy atom. The molecule has 5 aromatic carbocycles. The molecule has 172 valence electrons. The molecule has 1 nitrogen and oxygen atoms in total. The lowest BCUT2D eigenvalue weighted by Gasteiger charge is -2.25. The molecule has 0 N–H and O–H groups in total. The minimum absolute atomic E-state index is 1.23. The van der Waals surface area contributed by atoms with E-state index in [4.69, 9.17) is 0 Å². The Morgan fingerprint density at radius 2 is 1.00 bits per heavy atom. The standard InChI is InChI=1S/C35H21NS/c1-2-9-25-24(8-1)26-10-3-4-11-28(26)31-15-7-14-23(35(31)30-13-6-5-12-27(25)30)22-16-17-33-32(20-22)29-18-19-36-21-34(29)37-33/h1-21H. The average molecular weight is 488 g/mol. The monoisotopic (exact) mass is 487 g/mol. The molecule has 0 unspecified atom stereocenters. The SMILES string of the molecule is c1ccc2c(c1)-c1ccccc1-c1cccc(-c3ccc4sc5cnccc5c4c3)c1-c1ccccc1-2. The minimum atomic E-state index is 1.23. The summed E-state index contributed by atoms with van der Waals surface area (Å²) in [6.45, 7) is 0. The first kappa shape index (κ1) is 20.6. The van der Waals surface area contributed by atoms with Crippen molar-refractivity contribution in [1.29, 1.82) is 0 Å². The van der Waals surface area contributed by atoms with Crippen LogP contribution in [0.25, 0.3) is 75.8 Å². The van der Waals surface area contributed by atoms with Crippen molar-refractivity contribution in [3.8, 4) is 55.6 Å². The average Bonchev–Trinajstić information content (AvgIpc) is 3.34. The first-order valence-corrected chi connectivity index (χ1v) is 13.4. The van der Waals surface area contributed by atoms with Gasteiger partial charge in [0, 0.05) is 27.9 Å². The van der Waals surface area contributed by atoms with E-state index in [1.54, 1.807) is 0 Å². The number of pyridine rings is 1. The van der Waals surface area contributed by atoms with Gasteiger partial charge in [-0.05, 0) is 73.8 Å². The molecule has 2 aromatic heterocycles. The van der Waals surface area contributed by atoms with E-state index in [2.05, 4.69) is 120 Å². The fourth-order valence-electron chi connectivity index (χ4n) is 5.95. The Hall–Kier alpha value is -4.53. The van der Waals surface area contributed by atoms with Gasteiger partial charge in [0.1, 0.15) is 0 Å². The van der Waals surface area contributed by atoms with E-state index in [1.165, 1.54) is 75.8 Å². The molecule has 37 heavy (non-hydrogen) atoms. The highest BCUT2D eigenvalue weighted by Gasteiger charge is 2.23. The van der Waals surface area contributed by atoms with Gasteiger partial charge in [-0.2, -0.15) is 0 Å². The van der Waals surface area contributed by atoms with Crippen molar-refractivity contribution in [1.82, 2.24) is 4.98 Å². The van der Waals surface area contributed by atoms with Crippen LogP contribution in [0.15, 0.2) is 128 Å². The Kier molecular flexibility index (Phi) is 4.46. The van der Waals surface area contributed by atoms with Gasteiger partial charge in [0.05, 0.1) is 4.70 Å². The lowest BCUT2D eigenvalue weighted by molar-refractivity contribution is 1.37. The third kappa shape index (κ3) is 3.06. The molecule has 0 spiro atoms. The van der Waals surface area contributed by atoms with E-state index in [-0.39, 0.29) is 0 Å². The van der Waals surface area contributed by atoms with Gasteiger partial charge in [-0.25, -0.2) is 0 Å². The second-order valence-electron chi connectivity index (χ2n) is 9.55. The molecule has 2 heterocycles. The molecule has 0 radical (unpaired) electrons. The quantitative estimate of drug-likeness (QED) is 0.224. The van der Waals surface area contributed by atoms with Crippen LogP contribution >= 0.6 is 11.3 Å². The fraction of sp³-hybridized carbons (Fsp3) is 0. The summed E-state index contributed by atoms with van der Waals surface area (Å²) in [7, 11) is 0. The summed E-state index contributed by atoms with van der Waals surface area (Å²) >= 11 is 1.81. The number of aromatic nitrogens is 1. The molecule has 1 aliphatic carbocycles. The van der Waals surface area contributed by atoms with Gasteiger partial charge >= 0.3 is 0 Å². The van der Waals surface area contributed by atoms with Crippen molar-refractivity contribution >= 4 is 31.5 Å². The fourth-order valence-corrected chi connectivity index (χ4v) is 7.00. The second-order valence-corrected chi connectivity index (χ2v) is 10.6. The smallest absolute Gasteiger partial charge is 0.0538 e. The van der Waals surface area contributed by atoms with Crippen molar-refractivity contribution in [3.05, 3.63) is 128 Å². The topological polar surface area (TPSA) is 12.9 Å². The van der Waals surface area contributed by atoms with Crippen LogP contribution in [0.3, 0.4) is 0 Å². The second kappa shape index (κ2) is 7.99. The van der Waals surface area contributed by atoms with Crippen LogP contribution in [0.1, 0.15) is 0 Å². The largest absolute Gasteiger partial charge is 0.263 e. The van der Waals surface area contributed by atoms with Gasteiger partial charge in [-0.1, -0.05) is 97.1 Å². The van der Waals surface area contributed by atoms with Crippen LogP contribution in [0.2, 0.25) is 0 Å². The molecule has 0 bridgehead atoms. The van der Waals surface area contributed by atoms with Crippen LogP contribution in [0.5, 0.6) is 0 Å². The summed E-state index contributed by atoms with van der Waals surface area (Å²) in [5.41, 5.74) is 12.7. The molecule has 0 fully saturated rings. The first-order chi connectivity index (χ1) is 18.4. The van der Waals surface area contributed by atoms with Gasteiger partial charge in [0.25, 0.3) is 0 Å². The zero-order valence-corrected chi connectivity index (χ0v) is 20.8. The Bertz CT molecular complexity index is 1990. The van der Waals surface area contributed by atoms with Crippen LogP contribution in [-0.2, 0) is 0 Å². The van der Waals surface area contributed by atoms with E-state index >= 15 is 0 Å². The minimum Gasteiger partial charge on any atom is -0.263 e. The number of benzene rings is 5. The van der Waals surface area contributed by atoms with Crippen LogP contribution in [-0.4, -0.2) is 4.98 Å². The van der Waals surface area contributed by atoms with Crippen LogP contribution < -0.4 is 0 Å². The van der Waals surface area contributed by atoms with Gasteiger partial charge < -0.3 is 0 Å². The molecular formula is C35H21NS. The number of rotatable bonds is 1. The lowest BCUT2D eigenvalue weighted by Crippen LogP contribution is -1.98. The lowest BCUT2D eigenvalue weighted by atomic mass is 9.78. The molecule has 2 heteroatoms. The van der Waals surface area contributed by atoms with Crippen molar-refractivity contribution < 1.29 is 0 Å². The van der Waals surface area contributed by atoms with Gasteiger partial charge in [-0.3, -0.25) is 4.98 Å². The highest BCUT2D eigenvalue weighted by atomic mass is 32.1. The zero-order valence-electron chi connectivity index (χ0n) is 20.0. The zero-order chi connectivity index (χ0) is 24.3. The summed E-state index contributed by atoms with van der Waals surface area (Å²) in [5, 5.41) is 2.57. The molecule has 0 amide bonds. The maximum absolute atomic E-state index is 4.34. The Balaban J connectivity index is 1.49. The number of hydrogen-bond acceptors (Lipinski definition) is 2. The van der Waals surface area contributed by atoms with Crippen molar-refractivity contribution in [3.63, 3.8) is 0 Å². The molecule has 1 aliphatic rings. The Morgan fingerprint density at radius 1 is 0.432 bits per heavy atom. The predicted molar refractivity (Wildman–Crippen MR) is 158 cm³/mol. The van der Waals surface area contributed by atoms with E-state index < -0.39 is 0 Å². The highest BCUT2D eigenvalue weighted by Crippen LogP contribution is 2.50. The molecule has 0 atom stereocenters. The summed E-state index contributed by atoms with van der Waals surface area (Å²) in [6.07, 6.45) is 3.87. The van der Waals surface area contributed by atoms with E-state index in [9.17, 15) is 0 Å². The number of hydrogen-bond donors (Lipinski definition) is 0. The summed E-state index contributed by atoms with van der Waals surface area (Å²) in [5.74, 6) is 0. The number of fused-ring (bicyclic) bond motifs is 11. The van der Waals surface area contributed by atoms with E-state index in [1.807, 2.05) is 23.7 Å². The van der Waals surface area contributed by atoms with Crippen LogP contribution in [0, 0.1) is 0 Å². The number of nitrogens with zero attached hydrogens (tertiary/aromatic N) is 1. The van der Waals surface area contributed by atoms with E-state index in [0.29, 0.717) is 0 Å². The molecule has 7 aromatic rings. The van der Waals surface area contributed by atoms with Gasteiger partial charge in [-0.15, -0.1) is 11.3 Å². The normalized spacial score (nSPS) is 11.8. The van der Waals surface area contributed by atoms with Crippen LogP contribution in [0.4, 0.5) is 0 Å². The molecular weight excluding hydrogens is 466 g/mol. The summed E-state index contributed by atoms with van der Waals surface area (Å²) in [6, 6.07) is 42.3. The van der Waals surface area contributed by atoms with Crippen molar-refractivity contribution in [2.45, 2.75) is 0 Å². The van der Waals surface area contributed by atoms with E-state index in [0.717, 1.165) is 0 Å². The maximum Gasteiger partial charge on any atom is 0.0538 e. The van der Waals surface area contributed by atoms with Gasteiger partial charge in [0.2, 0.25) is 0 Å². The van der Waals surface area contributed by atoms with Crippen molar-refractivity contribution in [2.75, 3.05) is 0 Å². The summed E-state index contributed by atoms with van der Waals surface area (Å²) in [4.78, 5) is 4.34. The first-order valence-electron chi connectivity index (χ1n) is 12.5. The van der Waals surface area contributed by atoms with Crippen molar-refractivity contribution in [2.24, 2.45) is 0 Å². The number of thiophene rings is 1. The summed E-state index contributed by atoms with van der Waals surface area (Å²) < 4.78 is 2.53. The molecule has 0 aliphatic heterocycles. The highest BCUT2D eigenvalue weighted by molar-refractivity contribution is 7.25.